The second-order valence-corrected chi connectivity index (χ2v) is 7.56. The molecule has 2 aliphatic heterocycles. The molecule has 0 radical (unpaired) electrons. The lowest BCUT2D eigenvalue weighted by Gasteiger charge is -2.34. The molecule has 5 heteroatoms. The Morgan fingerprint density at radius 1 is 1.17 bits per heavy atom. The number of thiophene rings is 1. The van der Waals surface area contributed by atoms with Gasteiger partial charge in [0.1, 0.15) is 11.5 Å². The molecule has 2 aromatic rings. The van der Waals surface area contributed by atoms with E-state index in [-0.39, 0.29) is 0 Å². The molecule has 1 fully saturated rings. The van der Waals surface area contributed by atoms with Crippen molar-refractivity contribution in [3.63, 3.8) is 0 Å². The molecule has 126 valence electrons. The molecule has 4 nitrogen and oxygen atoms in total. The van der Waals surface area contributed by atoms with Crippen molar-refractivity contribution in [3.8, 4) is 10.8 Å². The number of amidine groups is 1. The summed E-state index contributed by atoms with van der Waals surface area (Å²) in [5, 5.41) is 0.987. The maximum Gasteiger partial charge on any atom is 0.192 e. The van der Waals surface area contributed by atoms with Crippen molar-refractivity contribution >= 4 is 22.9 Å². The number of piperazine rings is 1. The molecule has 2 aliphatic rings. The van der Waals surface area contributed by atoms with Gasteiger partial charge in [-0.3, -0.25) is 0 Å². The van der Waals surface area contributed by atoms with Crippen LogP contribution in [0.1, 0.15) is 23.8 Å². The molecule has 0 spiro atoms. The molecular weight excluding hydrogens is 318 g/mol. The smallest absolute Gasteiger partial charge is 0.192 e. The number of aryl methyl sites for hydroxylation is 1. The Balaban J connectivity index is 1.78. The van der Waals surface area contributed by atoms with Crippen LogP contribution < -0.4 is 4.74 Å². The lowest BCUT2D eigenvalue weighted by Crippen LogP contribution is -2.47. The summed E-state index contributed by atoms with van der Waals surface area (Å²) in [6.45, 7) is 6.38. The van der Waals surface area contributed by atoms with E-state index in [4.69, 9.17) is 9.73 Å². The molecule has 0 N–H and O–H groups in total. The number of benzene rings is 1. The van der Waals surface area contributed by atoms with Gasteiger partial charge in [-0.15, -0.1) is 11.3 Å². The standard InChI is InChI=1S/C19H23N3OS/c1-3-6-14-13-15-18(22-11-9-21(2)10-12-22)20-16-7-4-5-8-17(16)23-19(15)24-14/h4-5,7-8,13H,3,6,9-12H2,1-2H3. The van der Waals surface area contributed by atoms with Crippen LogP contribution in [0.25, 0.3) is 0 Å². The first-order valence-corrected chi connectivity index (χ1v) is 9.48. The van der Waals surface area contributed by atoms with Crippen LogP contribution in [0.3, 0.4) is 0 Å². The largest absolute Gasteiger partial charge is 0.444 e. The average Bonchev–Trinajstić information content (AvgIpc) is 2.91. The number of fused-ring (bicyclic) bond motifs is 2. The van der Waals surface area contributed by atoms with Gasteiger partial charge in [-0.2, -0.15) is 0 Å². The molecule has 1 aromatic heterocycles. The molecule has 0 amide bonds. The van der Waals surface area contributed by atoms with Crippen LogP contribution in [0, 0.1) is 0 Å². The molecule has 0 aliphatic carbocycles. The maximum absolute atomic E-state index is 6.24. The summed E-state index contributed by atoms with van der Waals surface area (Å²) in [7, 11) is 2.18. The van der Waals surface area contributed by atoms with Gasteiger partial charge in [0.25, 0.3) is 0 Å². The van der Waals surface area contributed by atoms with E-state index in [0.717, 1.165) is 66.9 Å². The molecule has 0 saturated carbocycles. The van der Waals surface area contributed by atoms with Gasteiger partial charge in [0.05, 0.1) is 5.56 Å². The summed E-state index contributed by atoms with van der Waals surface area (Å²) in [6.07, 6.45) is 2.25. The van der Waals surface area contributed by atoms with E-state index in [9.17, 15) is 0 Å². The van der Waals surface area contributed by atoms with E-state index in [2.05, 4.69) is 29.8 Å². The van der Waals surface area contributed by atoms with Crippen molar-refractivity contribution in [1.82, 2.24) is 9.80 Å². The lowest BCUT2D eigenvalue weighted by atomic mass is 10.2. The normalized spacial score (nSPS) is 17.6. The van der Waals surface area contributed by atoms with Gasteiger partial charge in [-0.1, -0.05) is 25.5 Å². The molecule has 0 unspecified atom stereocenters. The van der Waals surface area contributed by atoms with Crippen LogP contribution in [0.2, 0.25) is 0 Å². The van der Waals surface area contributed by atoms with E-state index in [1.54, 1.807) is 11.3 Å². The summed E-state index contributed by atoms with van der Waals surface area (Å²) in [5.41, 5.74) is 2.08. The first-order chi connectivity index (χ1) is 11.7. The van der Waals surface area contributed by atoms with Crippen LogP contribution in [0.5, 0.6) is 10.8 Å². The number of hydrogen-bond acceptors (Lipinski definition) is 5. The maximum atomic E-state index is 6.24. The summed E-state index contributed by atoms with van der Waals surface area (Å²) in [4.78, 5) is 11.2. The second-order valence-electron chi connectivity index (χ2n) is 6.46. The molecule has 4 rings (SSSR count). The molecular formula is C19H23N3OS. The first kappa shape index (κ1) is 15.7. The summed E-state index contributed by atoms with van der Waals surface area (Å²) in [5.74, 6) is 1.93. The highest BCUT2D eigenvalue weighted by Gasteiger charge is 2.26. The second kappa shape index (κ2) is 6.57. The Kier molecular flexibility index (Phi) is 4.29. The Morgan fingerprint density at radius 2 is 1.96 bits per heavy atom. The fourth-order valence-corrected chi connectivity index (χ4v) is 4.31. The van der Waals surface area contributed by atoms with Gasteiger partial charge in [-0.05, 0) is 31.7 Å². The number of rotatable bonds is 2. The topological polar surface area (TPSA) is 28.1 Å². The Morgan fingerprint density at radius 3 is 2.75 bits per heavy atom. The Hall–Kier alpha value is -1.85. The zero-order valence-corrected chi connectivity index (χ0v) is 15.1. The highest BCUT2D eigenvalue weighted by Crippen LogP contribution is 2.42. The van der Waals surface area contributed by atoms with Gasteiger partial charge in [0.2, 0.25) is 0 Å². The highest BCUT2D eigenvalue weighted by molar-refractivity contribution is 7.14. The average molecular weight is 341 g/mol. The number of ether oxygens (including phenoxy) is 1. The van der Waals surface area contributed by atoms with Crippen LogP contribution >= 0.6 is 11.3 Å². The summed E-state index contributed by atoms with van der Waals surface area (Å²) >= 11 is 1.76. The van der Waals surface area contributed by atoms with Crippen LogP contribution in [-0.2, 0) is 6.42 Å². The zero-order chi connectivity index (χ0) is 16.5. The van der Waals surface area contributed by atoms with Crippen molar-refractivity contribution in [2.45, 2.75) is 19.8 Å². The minimum atomic E-state index is 0.854. The summed E-state index contributed by atoms with van der Waals surface area (Å²) in [6, 6.07) is 10.4. The van der Waals surface area contributed by atoms with E-state index >= 15 is 0 Å². The Labute approximate surface area is 147 Å². The van der Waals surface area contributed by atoms with Crippen molar-refractivity contribution in [1.29, 1.82) is 0 Å². The van der Waals surface area contributed by atoms with Crippen molar-refractivity contribution in [3.05, 3.63) is 40.8 Å². The molecule has 1 saturated heterocycles. The molecule has 24 heavy (non-hydrogen) atoms. The lowest BCUT2D eigenvalue weighted by molar-refractivity contribution is 0.216. The van der Waals surface area contributed by atoms with E-state index in [1.165, 1.54) is 4.88 Å². The summed E-state index contributed by atoms with van der Waals surface area (Å²) < 4.78 is 6.24. The van der Waals surface area contributed by atoms with Crippen LogP contribution in [0.15, 0.2) is 35.3 Å². The van der Waals surface area contributed by atoms with E-state index in [0.29, 0.717) is 0 Å². The fourth-order valence-electron chi connectivity index (χ4n) is 3.19. The predicted molar refractivity (Wildman–Crippen MR) is 100 cm³/mol. The molecule has 0 atom stereocenters. The number of aliphatic imine (C=N–C) groups is 1. The van der Waals surface area contributed by atoms with Gasteiger partial charge in [-0.25, -0.2) is 4.99 Å². The molecule has 0 bridgehead atoms. The highest BCUT2D eigenvalue weighted by atomic mass is 32.1. The predicted octanol–water partition coefficient (Wildman–Crippen LogP) is 4.13. The molecule has 1 aromatic carbocycles. The van der Waals surface area contributed by atoms with Crippen molar-refractivity contribution in [2.24, 2.45) is 4.99 Å². The first-order valence-electron chi connectivity index (χ1n) is 8.66. The minimum absolute atomic E-state index is 0.854. The van der Waals surface area contributed by atoms with E-state index in [1.807, 2.05) is 24.3 Å². The quantitative estimate of drug-likeness (QED) is 0.822. The van der Waals surface area contributed by atoms with Gasteiger partial charge < -0.3 is 14.5 Å². The van der Waals surface area contributed by atoms with Crippen molar-refractivity contribution in [2.75, 3.05) is 33.2 Å². The van der Waals surface area contributed by atoms with Gasteiger partial charge >= 0.3 is 0 Å². The number of likely N-dealkylation sites (N-methyl/N-ethyl adjacent to an activating group) is 1. The number of para-hydroxylation sites is 2. The van der Waals surface area contributed by atoms with Crippen LogP contribution in [-0.4, -0.2) is 48.9 Å². The zero-order valence-electron chi connectivity index (χ0n) is 14.3. The van der Waals surface area contributed by atoms with E-state index < -0.39 is 0 Å². The minimum Gasteiger partial charge on any atom is -0.444 e. The van der Waals surface area contributed by atoms with Crippen LogP contribution in [0.4, 0.5) is 5.69 Å². The third-order valence-corrected chi connectivity index (χ3v) is 5.66. The number of nitrogens with zero attached hydrogens (tertiary/aromatic N) is 3. The van der Waals surface area contributed by atoms with Gasteiger partial charge in [0, 0.05) is 31.1 Å². The monoisotopic (exact) mass is 341 g/mol. The van der Waals surface area contributed by atoms with Crippen molar-refractivity contribution < 1.29 is 4.74 Å². The molecule has 3 heterocycles. The van der Waals surface area contributed by atoms with Gasteiger partial charge in [0.15, 0.2) is 10.8 Å². The third-order valence-electron chi connectivity index (χ3n) is 4.58. The Bertz CT molecular complexity index is 760. The fraction of sp³-hybridized carbons (Fsp3) is 0.421. The number of hydrogen-bond donors (Lipinski definition) is 0. The third kappa shape index (κ3) is 2.94. The SMILES string of the molecule is CCCc1cc2c(s1)Oc1ccccc1N=C2N1CCN(C)CC1.